The van der Waals surface area contributed by atoms with Crippen LogP contribution in [0.2, 0.25) is 0 Å². The highest BCUT2D eigenvalue weighted by Gasteiger charge is 2.32. The molecule has 2 N–H and O–H groups in total. The van der Waals surface area contributed by atoms with Crippen LogP contribution < -0.4 is 11.0 Å². The molecule has 2 atom stereocenters. The Morgan fingerprint density at radius 3 is 2.62 bits per heavy atom. The summed E-state index contributed by atoms with van der Waals surface area (Å²) in [4.78, 5) is 48.3. The summed E-state index contributed by atoms with van der Waals surface area (Å²) in [7, 11) is 1.67. The molecule has 1 saturated heterocycles. The molecule has 0 bridgehead atoms. The largest absolute Gasteiger partial charge is 0.481 e. The molecule has 32 heavy (non-hydrogen) atoms. The highest BCUT2D eigenvalue weighted by Crippen LogP contribution is 2.27. The third-order valence-electron chi connectivity index (χ3n) is 6.07. The molecule has 0 radical (unpaired) electrons. The van der Waals surface area contributed by atoms with E-state index in [0.717, 1.165) is 11.1 Å². The monoisotopic (exact) mass is 445 g/mol. The van der Waals surface area contributed by atoms with Gasteiger partial charge in [-0.15, -0.1) is 0 Å². The maximum atomic E-state index is 13.0. The lowest BCUT2D eigenvalue weighted by Gasteiger charge is -2.26. The number of amides is 2. The molecule has 1 aliphatic rings. The van der Waals surface area contributed by atoms with Crippen LogP contribution in [0.4, 0.5) is 0 Å². The lowest BCUT2D eigenvalue weighted by Crippen LogP contribution is -2.44. The van der Waals surface area contributed by atoms with Crippen LogP contribution in [0.15, 0.2) is 23.0 Å². The van der Waals surface area contributed by atoms with Crippen molar-refractivity contribution in [3.8, 4) is 0 Å². The number of benzene rings is 1. The van der Waals surface area contributed by atoms with Crippen molar-refractivity contribution in [1.29, 1.82) is 0 Å². The number of carboxylic acids is 1. The number of fused-ring (bicyclic) bond motifs is 1. The highest BCUT2D eigenvalue weighted by atomic mass is 16.5. The lowest BCUT2D eigenvalue weighted by molar-refractivity contribution is -0.148. The Morgan fingerprint density at radius 1 is 1.28 bits per heavy atom. The zero-order valence-electron chi connectivity index (χ0n) is 19.0. The quantitative estimate of drug-likeness (QED) is 0.474. The van der Waals surface area contributed by atoms with Crippen molar-refractivity contribution in [3.63, 3.8) is 0 Å². The number of hydrogen-bond acceptors (Lipinski definition) is 5. The molecule has 2 amide bonds. The second kappa shape index (κ2) is 9.28. The van der Waals surface area contributed by atoms with Crippen molar-refractivity contribution >= 4 is 28.8 Å². The van der Waals surface area contributed by atoms with Gasteiger partial charge in [0.15, 0.2) is 0 Å². The van der Waals surface area contributed by atoms with E-state index in [1.807, 2.05) is 32.9 Å². The summed E-state index contributed by atoms with van der Waals surface area (Å²) in [5, 5.41) is 11.7. The molecule has 2 heterocycles. The van der Waals surface area contributed by atoms with Crippen LogP contribution in [0.5, 0.6) is 0 Å². The molecule has 3 rings (SSSR count). The molecule has 2 aromatic rings. The molecular formula is C23H31N3O6. The molecule has 1 aromatic carbocycles. The van der Waals surface area contributed by atoms with Gasteiger partial charge < -0.3 is 9.84 Å². The Hall–Kier alpha value is -2.94. The predicted molar refractivity (Wildman–Crippen MR) is 118 cm³/mol. The van der Waals surface area contributed by atoms with Gasteiger partial charge in [-0.3, -0.25) is 28.8 Å². The Kier molecular flexibility index (Phi) is 6.88. The van der Waals surface area contributed by atoms with Gasteiger partial charge in [0.1, 0.15) is 6.04 Å². The second-order valence-corrected chi connectivity index (χ2v) is 9.40. The van der Waals surface area contributed by atoms with E-state index in [4.69, 9.17) is 4.74 Å². The van der Waals surface area contributed by atoms with E-state index < -0.39 is 29.3 Å². The minimum Gasteiger partial charge on any atom is -0.481 e. The number of piperidine rings is 1. The van der Waals surface area contributed by atoms with Crippen LogP contribution >= 0.6 is 0 Å². The summed E-state index contributed by atoms with van der Waals surface area (Å²) in [5.41, 5.74) is 1.66. The number of hydrogen-bond donors (Lipinski definition) is 2. The average molecular weight is 446 g/mol. The number of aryl methyl sites for hydroxylation is 2. The van der Waals surface area contributed by atoms with Crippen molar-refractivity contribution in [2.24, 2.45) is 18.4 Å². The number of nitrogens with zero attached hydrogens (tertiary/aromatic N) is 2. The zero-order chi connectivity index (χ0) is 23.6. The molecule has 9 nitrogen and oxygen atoms in total. The third-order valence-corrected chi connectivity index (χ3v) is 6.07. The fourth-order valence-electron chi connectivity index (χ4n) is 4.21. The van der Waals surface area contributed by atoms with Crippen LogP contribution in [0.1, 0.15) is 51.6 Å². The Labute approximate surface area is 186 Å². The van der Waals surface area contributed by atoms with E-state index in [2.05, 4.69) is 5.32 Å². The number of aromatic nitrogens is 2. The van der Waals surface area contributed by atoms with Gasteiger partial charge in [-0.2, -0.15) is 0 Å². The first kappa shape index (κ1) is 23.7. The number of imide groups is 1. The van der Waals surface area contributed by atoms with E-state index in [1.165, 1.54) is 9.13 Å². The topological polar surface area (TPSA) is 120 Å². The van der Waals surface area contributed by atoms with E-state index in [-0.39, 0.29) is 24.6 Å². The minimum atomic E-state index is -0.868. The molecule has 0 saturated carbocycles. The summed E-state index contributed by atoms with van der Waals surface area (Å²) < 4.78 is 8.66. The standard InChI is InChI=1S/C23H31N3O6/c1-23(2,3)15(21(29)30)13-32-12-6-8-14-7-5-9-16-19(14)25(4)22(31)26(16)17-10-11-18(27)24-20(17)28/h5,7,9,15,17H,6,8,10-13H2,1-4H3,(H,29,30)(H,24,27,28). The van der Waals surface area contributed by atoms with E-state index in [9.17, 15) is 24.3 Å². The molecule has 1 fully saturated rings. The fraction of sp³-hybridized carbons (Fsp3) is 0.565. The fourth-order valence-corrected chi connectivity index (χ4v) is 4.21. The molecule has 1 aromatic heterocycles. The van der Waals surface area contributed by atoms with Crippen molar-refractivity contribution < 1.29 is 24.2 Å². The van der Waals surface area contributed by atoms with Crippen LogP contribution in [-0.2, 0) is 32.6 Å². The maximum Gasteiger partial charge on any atom is 0.329 e. The summed E-state index contributed by atoms with van der Waals surface area (Å²) in [5.74, 6) is -2.24. The average Bonchev–Trinajstić information content (AvgIpc) is 2.95. The number of carbonyl (C=O) groups excluding carboxylic acids is 2. The molecule has 1 aliphatic heterocycles. The van der Waals surface area contributed by atoms with E-state index in [0.29, 0.717) is 31.4 Å². The number of nitrogens with one attached hydrogen (secondary N) is 1. The Morgan fingerprint density at radius 2 is 2.00 bits per heavy atom. The molecule has 174 valence electrons. The predicted octanol–water partition coefficient (Wildman–Crippen LogP) is 2.01. The number of para-hydroxylation sites is 1. The minimum absolute atomic E-state index is 0.146. The van der Waals surface area contributed by atoms with Crippen molar-refractivity contribution in [1.82, 2.24) is 14.5 Å². The van der Waals surface area contributed by atoms with Crippen LogP contribution in [0.3, 0.4) is 0 Å². The van der Waals surface area contributed by atoms with E-state index in [1.54, 1.807) is 13.1 Å². The molecule has 2 unspecified atom stereocenters. The first-order valence-corrected chi connectivity index (χ1v) is 10.9. The van der Waals surface area contributed by atoms with Gasteiger partial charge in [-0.1, -0.05) is 32.9 Å². The third kappa shape index (κ3) is 4.77. The molecular weight excluding hydrogens is 414 g/mol. The second-order valence-electron chi connectivity index (χ2n) is 9.40. The number of ether oxygens (including phenoxy) is 1. The first-order valence-electron chi connectivity index (χ1n) is 10.9. The Bertz CT molecular complexity index is 1090. The van der Waals surface area contributed by atoms with Gasteiger partial charge in [0.25, 0.3) is 0 Å². The normalized spacial score (nSPS) is 18.1. The number of aliphatic carboxylic acids is 1. The molecule has 9 heteroatoms. The maximum absolute atomic E-state index is 13.0. The van der Waals surface area contributed by atoms with Gasteiger partial charge in [0.05, 0.1) is 23.6 Å². The molecule has 0 spiro atoms. The van der Waals surface area contributed by atoms with Gasteiger partial charge in [-0.25, -0.2) is 4.79 Å². The van der Waals surface area contributed by atoms with Crippen molar-refractivity contribution in [2.45, 2.75) is 52.5 Å². The summed E-state index contributed by atoms with van der Waals surface area (Å²) >= 11 is 0. The van der Waals surface area contributed by atoms with Crippen LogP contribution in [0, 0.1) is 11.3 Å². The van der Waals surface area contributed by atoms with Crippen molar-refractivity contribution in [3.05, 3.63) is 34.2 Å². The highest BCUT2D eigenvalue weighted by molar-refractivity contribution is 6.00. The van der Waals surface area contributed by atoms with Gasteiger partial charge in [-0.05, 0) is 36.3 Å². The van der Waals surface area contributed by atoms with Gasteiger partial charge >= 0.3 is 11.7 Å². The first-order chi connectivity index (χ1) is 15.0. The van der Waals surface area contributed by atoms with E-state index >= 15 is 0 Å². The number of imidazole rings is 1. The van der Waals surface area contributed by atoms with Gasteiger partial charge in [0.2, 0.25) is 11.8 Å². The SMILES string of the molecule is Cn1c(=O)n(C2CCC(=O)NC2=O)c2cccc(CCCOCC(C(=O)O)C(C)(C)C)c21. The molecule has 0 aliphatic carbocycles. The number of carboxylic acid groups (broad SMARTS) is 1. The zero-order valence-corrected chi connectivity index (χ0v) is 19.0. The summed E-state index contributed by atoms with van der Waals surface area (Å²) in [6.07, 6.45) is 1.78. The lowest BCUT2D eigenvalue weighted by atomic mass is 9.81. The van der Waals surface area contributed by atoms with Gasteiger partial charge in [0, 0.05) is 20.1 Å². The smallest absolute Gasteiger partial charge is 0.329 e. The number of carbonyl (C=O) groups is 3. The summed E-state index contributed by atoms with van der Waals surface area (Å²) in [6, 6.07) is 4.88. The van der Waals surface area contributed by atoms with Crippen LogP contribution in [-0.4, -0.2) is 45.2 Å². The van der Waals surface area contributed by atoms with Crippen molar-refractivity contribution in [2.75, 3.05) is 13.2 Å². The van der Waals surface area contributed by atoms with Crippen LogP contribution in [0.25, 0.3) is 11.0 Å². The summed E-state index contributed by atoms with van der Waals surface area (Å²) in [6.45, 7) is 6.18. The Balaban J connectivity index is 1.74. The number of rotatable bonds is 8.